The Kier molecular flexibility index (Phi) is 2.16. The fourth-order valence-electron chi connectivity index (χ4n) is 0.609. The third-order valence-corrected chi connectivity index (χ3v) is 0.682. The zero-order valence-corrected chi connectivity index (χ0v) is 5.56. The Morgan fingerprint density at radius 3 is 2.00 bits per heavy atom. The Hall–Kier alpha value is -0.370. The fraction of sp³-hybridized carbons (Fsp3) is 0.833. The van der Waals surface area contributed by atoms with Gasteiger partial charge in [0.2, 0.25) is 0 Å². The van der Waals surface area contributed by atoms with Gasteiger partial charge in [-0.15, -0.1) is 0 Å². The third-order valence-electron chi connectivity index (χ3n) is 0.682. The fourth-order valence-corrected chi connectivity index (χ4v) is 0.609. The zero-order valence-electron chi connectivity index (χ0n) is 5.56. The van der Waals surface area contributed by atoms with E-state index in [1.165, 1.54) is 6.92 Å². The highest BCUT2D eigenvalue weighted by atomic mass is 16.3. The van der Waals surface area contributed by atoms with Crippen LogP contribution < -0.4 is 0 Å². The van der Waals surface area contributed by atoms with Crippen molar-refractivity contribution in [1.29, 1.82) is 0 Å². The van der Waals surface area contributed by atoms with E-state index in [0.717, 1.165) is 0 Å². The normalized spacial score (nSPS) is 11.5. The highest BCUT2D eigenvalue weighted by Crippen LogP contribution is 2.06. The number of carbonyl (C=O) groups excluding carboxylic acids is 1. The van der Waals surface area contributed by atoms with Crippen LogP contribution in [-0.4, -0.2) is 16.5 Å². The summed E-state index contributed by atoms with van der Waals surface area (Å²) in [7, 11) is 0. The maximum atomic E-state index is 10.3. The summed E-state index contributed by atoms with van der Waals surface area (Å²) < 4.78 is 0. The van der Waals surface area contributed by atoms with E-state index in [1.54, 1.807) is 13.8 Å². The highest BCUT2D eigenvalue weighted by Gasteiger charge is 2.13. The topological polar surface area (TPSA) is 37.3 Å². The van der Waals surface area contributed by atoms with Crippen molar-refractivity contribution in [2.24, 2.45) is 0 Å². The largest absolute Gasteiger partial charge is 0.390 e. The molecule has 0 aliphatic rings. The van der Waals surface area contributed by atoms with Crippen LogP contribution in [0.3, 0.4) is 0 Å². The highest BCUT2D eigenvalue weighted by molar-refractivity contribution is 5.76. The molecule has 0 aliphatic heterocycles. The van der Waals surface area contributed by atoms with E-state index in [1.807, 2.05) is 0 Å². The summed E-state index contributed by atoms with van der Waals surface area (Å²) >= 11 is 0. The molecule has 0 aromatic rings. The minimum absolute atomic E-state index is 0.0255. The van der Waals surface area contributed by atoms with Crippen LogP contribution in [0.4, 0.5) is 0 Å². The summed E-state index contributed by atoms with van der Waals surface area (Å²) in [5, 5.41) is 8.97. The Morgan fingerprint density at radius 2 is 2.00 bits per heavy atom. The Labute approximate surface area is 49.5 Å². The Morgan fingerprint density at radius 1 is 1.62 bits per heavy atom. The second-order valence-electron chi connectivity index (χ2n) is 2.69. The summed E-state index contributed by atoms with van der Waals surface area (Å²) in [4.78, 5) is 10.3. The van der Waals surface area contributed by atoms with Gasteiger partial charge in [0.25, 0.3) is 0 Å². The molecule has 0 bridgehead atoms. The van der Waals surface area contributed by atoms with Crippen LogP contribution in [0.15, 0.2) is 0 Å². The summed E-state index contributed by atoms with van der Waals surface area (Å²) in [6.45, 7) is 4.71. The van der Waals surface area contributed by atoms with Crippen LogP contribution in [0.5, 0.6) is 0 Å². The van der Waals surface area contributed by atoms with E-state index in [9.17, 15) is 4.79 Å². The van der Waals surface area contributed by atoms with Gasteiger partial charge in [-0.1, -0.05) is 0 Å². The zero-order chi connectivity index (χ0) is 6.78. The maximum Gasteiger partial charge on any atom is 0.132 e. The van der Waals surface area contributed by atoms with Crippen LogP contribution in [0.2, 0.25) is 0 Å². The number of rotatable bonds is 2. The van der Waals surface area contributed by atoms with Crippen molar-refractivity contribution in [3.63, 3.8) is 0 Å². The molecule has 48 valence electrons. The van der Waals surface area contributed by atoms with Gasteiger partial charge in [0.15, 0.2) is 0 Å². The molecule has 8 heavy (non-hydrogen) atoms. The van der Waals surface area contributed by atoms with Gasteiger partial charge in [-0.2, -0.15) is 0 Å². The van der Waals surface area contributed by atoms with Gasteiger partial charge in [-0.3, -0.25) is 4.79 Å². The van der Waals surface area contributed by atoms with Gasteiger partial charge in [0.05, 0.1) is 5.60 Å². The molecule has 0 saturated heterocycles. The predicted octanol–water partition coefficient (Wildman–Crippen LogP) is 0.736. The van der Waals surface area contributed by atoms with Crippen molar-refractivity contribution in [3.05, 3.63) is 0 Å². The molecule has 0 spiro atoms. The van der Waals surface area contributed by atoms with E-state index in [2.05, 4.69) is 0 Å². The second-order valence-corrected chi connectivity index (χ2v) is 2.69. The van der Waals surface area contributed by atoms with Crippen LogP contribution in [0.1, 0.15) is 27.2 Å². The number of aliphatic hydroxyl groups is 1. The molecule has 1 N–H and O–H groups in total. The van der Waals surface area contributed by atoms with Gasteiger partial charge in [0.1, 0.15) is 5.78 Å². The molecule has 0 unspecified atom stereocenters. The van der Waals surface area contributed by atoms with Crippen molar-refractivity contribution in [2.45, 2.75) is 32.8 Å². The number of ketones is 1. The molecule has 0 aromatic carbocycles. The first kappa shape index (κ1) is 7.63. The van der Waals surface area contributed by atoms with Crippen LogP contribution in [-0.2, 0) is 4.79 Å². The predicted molar refractivity (Wildman–Crippen MR) is 31.6 cm³/mol. The lowest BCUT2D eigenvalue weighted by Gasteiger charge is -2.13. The SMILES string of the molecule is CC(=O)CC(C)(C)O. The number of Topliss-reactive ketones (excluding diaryl/α,β-unsaturated/α-hetero) is 1. The number of carbonyl (C=O) groups is 1. The number of hydrogen-bond acceptors (Lipinski definition) is 2. The van der Waals surface area contributed by atoms with Crippen LogP contribution in [0.25, 0.3) is 0 Å². The first-order valence-electron chi connectivity index (χ1n) is 2.63. The van der Waals surface area contributed by atoms with Gasteiger partial charge < -0.3 is 5.11 Å². The van der Waals surface area contributed by atoms with Crippen molar-refractivity contribution in [1.82, 2.24) is 0 Å². The van der Waals surface area contributed by atoms with Crippen molar-refractivity contribution >= 4 is 5.78 Å². The molecule has 2 heteroatoms. The van der Waals surface area contributed by atoms with Gasteiger partial charge in [-0.05, 0) is 20.8 Å². The molecule has 0 radical (unpaired) electrons. The first-order chi connectivity index (χ1) is 3.42. The molecule has 0 aliphatic carbocycles. The summed E-state index contributed by atoms with van der Waals surface area (Å²) in [6, 6.07) is 0. The average Bonchev–Trinajstić information content (AvgIpc) is 1.21. The molecule has 0 rings (SSSR count). The van der Waals surface area contributed by atoms with Gasteiger partial charge in [-0.25, -0.2) is 0 Å². The van der Waals surface area contributed by atoms with Crippen LogP contribution in [0, 0.1) is 0 Å². The minimum atomic E-state index is -0.828. The quantitative estimate of drug-likeness (QED) is 0.577. The molecule has 0 heterocycles. The molecule has 0 saturated carbocycles. The van der Waals surface area contributed by atoms with Crippen molar-refractivity contribution in [3.8, 4) is 0 Å². The third kappa shape index (κ3) is 5.63. The van der Waals surface area contributed by atoms with E-state index < -0.39 is 5.60 Å². The van der Waals surface area contributed by atoms with E-state index >= 15 is 0 Å². The summed E-state index contributed by atoms with van der Waals surface area (Å²) in [6.07, 6.45) is 0.243. The Bertz CT molecular complexity index is 89.2. The molecule has 2 nitrogen and oxygen atoms in total. The van der Waals surface area contributed by atoms with Crippen LogP contribution >= 0.6 is 0 Å². The lowest BCUT2D eigenvalue weighted by atomic mass is 10.0. The molecule has 0 atom stereocenters. The molecular formula is C6H12O2. The van der Waals surface area contributed by atoms with Crippen molar-refractivity contribution < 1.29 is 9.90 Å². The summed E-state index contributed by atoms with van der Waals surface area (Å²) in [5.74, 6) is 0.0255. The Balaban J connectivity index is 3.55. The van der Waals surface area contributed by atoms with E-state index in [0.29, 0.717) is 0 Å². The molecule has 0 amide bonds. The average molecular weight is 116 g/mol. The van der Waals surface area contributed by atoms with E-state index in [-0.39, 0.29) is 12.2 Å². The smallest absolute Gasteiger partial charge is 0.132 e. The molecule has 0 fully saturated rings. The minimum Gasteiger partial charge on any atom is -0.390 e. The van der Waals surface area contributed by atoms with E-state index in [4.69, 9.17) is 5.11 Å². The maximum absolute atomic E-state index is 10.3. The van der Waals surface area contributed by atoms with Crippen molar-refractivity contribution in [2.75, 3.05) is 0 Å². The number of hydrogen-bond donors (Lipinski definition) is 1. The molecular weight excluding hydrogens is 104 g/mol. The van der Waals surface area contributed by atoms with Gasteiger partial charge in [0, 0.05) is 6.42 Å². The first-order valence-corrected chi connectivity index (χ1v) is 2.63. The second kappa shape index (κ2) is 2.27. The lowest BCUT2D eigenvalue weighted by Crippen LogP contribution is -2.21. The summed E-state index contributed by atoms with van der Waals surface area (Å²) in [5.41, 5.74) is -0.828. The monoisotopic (exact) mass is 116 g/mol. The lowest BCUT2D eigenvalue weighted by molar-refractivity contribution is -0.120. The standard InChI is InChI=1S/C6H12O2/c1-5(7)4-6(2,3)8/h8H,4H2,1-3H3. The van der Waals surface area contributed by atoms with Gasteiger partial charge >= 0.3 is 0 Å². The molecule has 0 aromatic heterocycles.